The minimum atomic E-state index is -4.39. The van der Waals surface area contributed by atoms with Crippen LogP contribution in [0, 0.1) is 0 Å². The van der Waals surface area contributed by atoms with Crippen LogP contribution in [0.1, 0.15) is 0 Å². The van der Waals surface area contributed by atoms with Crippen LogP contribution in [0.3, 0.4) is 0 Å². The van der Waals surface area contributed by atoms with Gasteiger partial charge in [0.1, 0.15) is 0 Å². The highest BCUT2D eigenvalue weighted by molar-refractivity contribution is 8.01. The average molecular weight is 231 g/mol. The average Bonchev–Trinajstić information content (AvgIpc) is 2.04. The quantitative estimate of drug-likeness (QED) is 0.501. The van der Waals surface area contributed by atoms with Gasteiger partial charge in [-0.2, -0.15) is 13.2 Å². The molecular formula is C6H6ClF3N2S. The normalized spacial score (nSPS) is 33.8. The van der Waals surface area contributed by atoms with E-state index < -0.39 is 16.5 Å². The first-order valence-corrected chi connectivity index (χ1v) is 4.92. The van der Waals surface area contributed by atoms with Crippen molar-refractivity contribution in [3.8, 4) is 0 Å². The first-order valence-electron chi connectivity index (χ1n) is 3.26. The summed E-state index contributed by atoms with van der Waals surface area (Å²) in [6.45, 7) is 0. The van der Waals surface area contributed by atoms with Gasteiger partial charge in [-0.25, -0.2) is 0 Å². The molecule has 0 spiro atoms. The van der Waals surface area contributed by atoms with Crippen molar-refractivity contribution < 1.29 is 13.2 Å². The van der Waals surface area contributed by atoms with Gasteiger partial charge in [0.25, 0.3) is 0 Å². The summed E-state index contributed by atoms with van der Waals surface area (Å²) < 4.78 is 35.3. The van der Waals surface area contributed by atoms with Crippen LogP contribution in [0.2, 0.25) is 0 Å². The van der Waals surface area contributed by atoms with Gasteiger partial charge in [-0.15, -0.1) is 11.8 Å². The van der Waals surface area contributed by atoms with Crippen molar-refractivity contribution in [2.45, 2.75) is 16.5 Å². The third kappa shape index (κ3) is 1.99. The fourth-order valence-corrected chi connectivity index (χ4v) is 1.46. The lowest BCUT2D eigenvalue weighted by atomic mass is 10.1. The second-order valence-electron chi connectivity index (χ2n) is 2.36. The number of thioether (sulfide) groups is 1. The fourth-order valence-electron chi connectivity index (χ4n) is 0.784. The van der Waals surface area contributed by atoms with Gasteiger partial charge in [0.2, 0.25) is 5.62 Å². The summed E-state index contributed by atoms with van der Waals surface area (Å²) in [5.74, 6) is 0. The predicted octanol–water partition coefficient (Wildman–Crippen LogP) is 2.33. The van der Waals surface area contributed by atoms with E-state index in [-0.39, 0.29) is 0 Å². The largest absolute Gasteiger partial charge is 0.413 e. The number of alkyl halides is 4. The van der Waals surface area contributed by atoms with Gasteiger partial charge in [0, 0.05) is 12.4 Å². The molecule has 2 nitrogen and oxygen atoms in total. The molecule has 0 amide bonds. The van der Waals surface area contributed by atoms with E-state index in [4.69, 9.17) is 11.6 Å². The van der Waals surface area contributed by atoms with Crippen molar-refractivity contribution in [3.05, 3.63) is 0 Å². The fraction of sp³-hybridized carbons (Fsp3) is 0.667. The molecule has 0 aliphatic carbocycles. The second-order valence-corrected chi connectivity index (χ2v) is 3.84. The zero-order chi connectivity index (χ0) is 10.1. The molecule has 13 heavy (non-hydrogen) atoms. The molecule has 0 saturated heterocycles. The van der Waals surface area contributed by atoms with Gasteiger partial charge >= 0.3 is 6.18 Å². The molecule has 1 aliphatic rings. The Morgan fingerprint density at radius 2 is 1.85 bits per heavy atom. The van der Waals surface area contributed by atoms with Crippen molar-refractivity contribution in [3.63, 3.8) is 0 Å². The first kappa shape index (κ1) is 10.8. The molecular weight excluding hydrogens is 225 g/mol. The second kappa shape index (κ2) is 3.49. The maximum Gasteiger partial charge on any atom is 0.413 e. The van der Waals surface area contributed by atoms with Crippen molar-refractivity contribution in [2.75, 3.05) is 6.26 Å². The molecule has 1 heterocycles. The van der Waals surface area contributed by atoms with Gasteiger partial charge in [-0.1, -0.05) is 11.6 Å². The predicted molar refractivity (Wildman–Crippen MR) is 48.9 cm³/mol. The van der Waals surface area contributed by atoms with Crippen LogP contribution < -0.4 is 0 Å². The van der Waals surface area contributed by atoms with Gasteiger partial charge in [-0.05, 0) is 6.26 Å². The van der Waals surface area contributed by atoms with E-state index in [1.54, 1.807) is 0 Å². The molecule has 0 unspecified atom stereocenters. The maximum absolute atomic E-state index is 12.5. The van der Waals surface area contributed by atoms with Gasteiger partial charge in [0.05, 0.1) is 0 Å². The molecule has 74 valence electrons. The summed E-state index contributed by atoms with van der Waals surface area (Å²) >= 11 is 6.00. The SMILES string of the molecule is CSC1(C(F)(F)F)C=NC(Cl)N=C1. The van der Waals surface area contributed by atoms with Crippen molar-refractivity contribution in [1.82, 2.24) is 0 Å². The third-order valence-corrected chi connectivity index (χ3v) is 2.90. The summed E-state index contributed by atoms with van der Waals surface area (Å²) in [6.07, 6.45) is -1.46. The van der Waals surface area contributed by atoms with Gasteiger partial charge in [0.15, 0.2) is 4.75 Å². The van der Waals surface area contributed by atoms with E-state index in [0.717, 1.165) is 12.4 Å². The lowest BCUT2D eigenvalue weighted by Gasteiger charge is -2.28. The molecule has 0 aromatic rings. The molecule has 0 aromatic heterocycles. The molecule has 1 rings (SSSR count). The zero-order valence-electron chi connectivity index (χ0n) is 6.55. The smallest absolute Gasteiger partial charge is 0.253 e. The Bertz CT molecular complexity index is 237. The number of hydrogen-bond donors (Lipinski definition) is 0. The van der Waals surface area contributed by atoms with E-state index >= 15 is 0 Å². The van der Waals surface area contributed by atoms with Crippen LogP contribution in [0.25, 0.3) is 0 Å². The van der Waals surface area contributed by atoms with Crippen LogP contribution in [0.5, 0.6) is 0 Å². The summed E-state index contributed by atoms with van der Waals surface area (Å²) in [5.41, 5.74) is -0.928. The zero-order valence-corrected chi connectivity index (χ0v) is 8.12. The van der Waals surface area contributed by atoms with E-state index in [1.807, 2.05) is 0 Å². The Kier molecular flexibility index (Phi) is 2.91. The molecule has 0 N–H and O–H groups in total. The van der Waals surface area contributed by atoms with Crippen LogP contribution in [-0.4, -0.2) is 35.2 Å². The summed E-state index contributed by atoms with van der Waals surface area (Å²) in [6, 6.07) is 0. The standard InChI is InChI=1S/C6H6ClF3N2S/c1-13-5(6(8,9)10)2-11-4(7)12-3-5/h2-4H,1H3. The highest BCUT2D eigenvalue weighted by Crippen LogP contribution is 2.39. The number of nitrogens with zero attached hydrogens (tertiary/aromatic N) is 2. The highest BCUT2D eigenvalue weighted by atomic mass is 35.5. The summed E-state index contributed by atoms with van der Waals surface area (Å²) in [4.78, 5) is 6.84. The lowest BCUT2D eigenvalue weighted by Crippen LogP contribution is -2.46. The summed E-state index contributed by atoms with van der Waals surface area (Å²) in [7, 11) is 0. The number of aliphatic imine (C=N–C) groups is 2. The Hall–Kier alpha value is -0.230. The van der Waals surface area contributed by atoms with Crippen LogP contribution in [0.15, 0.2) is 9.98 Å². The van der Waals surface area contributed by atoms with Crippen molar-refractivity contribution in [1.29, 1.82) is 0 Å². The minimum Gasteiger partial charge on any atom is -0.253 e. The molecule has 0 radical (unpaired) electrons. The van der Waals surface area contributed by atoms with Crippen LogP contribution in [0.4, 0.5) is 13.2 Å². The third-order valence-electron chi connectivity index (χ3n) is 1.56. The maximum atomic E-state index is 12.5. The lowest BCUT2D eigenvalue weighted by molar-refractivity contribution is -0.126. The van der Waals surface area contributed by atoms with E-state index in [0.29, 0.717) is 11.8 Å². The highest BCUT2D eigenvalue weighted by Gasteiger charge is 2.53. The van der Waals surface area contributed by atoms with E-state index in [2.05, 4.69) is 9.98 Å². The summed E-state index contributed by atoms with van der Waals surface area (Å²) in [5, 5.41) is 0. The monoisotopic (exact) mass is 230 g/mol. The van der Waals surface area contributed by atoms with Crippen LogP contribution >= 0.6 is 23.4 Å². The van der Waals surface area contributed by atoms with Crippen molar-refractivity contribution >= 4 is 35.8 Å². The molecule has 0 saturated carbocycles. The van der Waals surface area contributed by atoms with E-state index in [9.17, 15) is 13.2 Å². The molecule has 0 bridgehead atoms. The molecule has 7 heteroatoms. The Balaban J connectivity index is 2.97. The molecule has 0 fully saturated rings. The Morgan fingerprint density at radius 3 is 2.15 bits per heavy atom. The van der Waals surface area contributed by atoms with Crippen LogP contribution in [-0.2, 0) is 0 Å². The van der Waals surface area contributed by atoms with E-state index in [1.165, 1.54) is 6.26 Å². The number of hydrogen-bond acceptors (Lipinski definition) is 3. The molecule has 0 aromatic carbocycles. The minimum absolute atomic E-state index is 0.620. The topological polar surface area (TPSA) is 24.7 Å². The van der Waals surface area contributed by atoms with Gasteiger partial charge < -0.3 is 0 Å². The first-order chi connectivity index (χ1) is 5.91. The van der Waals surface area contributed by atoms with Crippen molar-refractivity contribution in [2.24, 2.45) is 9.98 Å². The number of rotatable bonds is 1. The Morgan fingerprint density at radius 1 is 1.38 bits per heavy atom. The molecule has 1 aliphatic heterocycles. The molecule has 0 atom stereocenters. The number of halogens is 4. The Labute approximate surface area is 82.3 Å². The van der Waals surface area contributed by atoms with Gasteiger partial charge in [-0.3, -0.25) is 9.98 Å².